The highest BCUT2D eigenvalue weighted by molar-refractivity contribution is 7.91. The van der Waals surface area contributed by atoms with Gasteiger partial charge < -0.3 is 14.9 Å². The molecule has 1 fully saturated rings. The fourth-order valence-electron chi connectivity index (χ4n) is 4.10. The molecule has 10 heteroatoms. The lowest BCUT2D eigenvalue weighted by Crippen LogP contribution is -2.27. The molecule has 0 amide bonds. The fraction of sp³-hybridized carbons (Fsp3) is 0.364. The summed E-state index contributed by atoms with van der Waals surface area (Å²) in [6.45, 7) is 4.95. The van der Waals surface area contributed by atoms with Gasteiger partial charge in [0.05, 0.1) is 28.5 Å². The van der Waals surface area contributed by atoms with Gasteiger partial charge in [-0.2, -0.15) is 0 Å². The highest BCUT2D eigenvalue weighted by atomic mass is 35.5. The first-order valence-corrected chi connectivity index (χ1v) is 12.4. The third-order valence-electron chi connectivity index (χ3n) is 5.82. The topological polar surface area (TPSA) is 106 Å². The van der Waals surface area contributed by atoms with Gasteiger partial charge in [-0.05, 0) is 50.4 Å². The van der Waals surface area contributed by atoms with Crippen molar-refractivity contribution in [1.82, 2.24) is 29.8 Å². The van der Waals surface area contributed by atoms with E-state index in [9.17, 15) is 4.55 Å². The van der Waals surface area contributed by atoms with E-state index in [-0.39, 0.29) is 6.04 Å². The van der Waals surface area contributed by atoms with Crippen molar-refractivity contribution in [2.24, 2.45) is 0 Å². The number of pyridine rings is 1. The first kappa shape index (κ1) is 21.4. The maximum atomic E-state index is 13.3. The number of H-pyrrole nitrogens is 1. The molecule has 0 aliphatic carbocycles. The van der Waals surface area contributed by atoms with Crippen molar-refractivity contribution in [3.63, 3.8) is 0 Å². The van der Waals surface area contributed by atoms with Crippen LogP contribution in [0, 0.1) is 0 Å². The Bertz CT molecular complexity index is 1240. The number of rotatable bonds is 7. The van der Waals surface area contributed by atoms with Crippen LogP contribution in [0.3, 0.4) is 0 Å². The molecular weight excluding hydrogens is 446 g/mol. The van der Waals surface area contributed by atoms with E-state index in [0.29, 0.717) is 32.8 Å². The second-order valence-corrected chi connectivity index (χ2v) is 9.87. The molecule has 1 saturated heterocycles. The van der Waals surface area contributed by atoms with Gasteiger partial charge in [0.1, 0.15) is 17.6 Å². The van der Waals surface area contributed by atoms with Gasteiger partial charge in [0.2, 0.25) is 0 Å². The van der Waals surface area contributed by atoms with Gasteiger partial charge in [0.25, 0.3) is 5.03 Å². The van der Waals surface area contributed by atoms with Crippen LogP contribution in [0.4, 0.5) is 5.82 Å². The Labute approximate surface area is 194 Å². The second-order valence-electron chi connectivity index (χ2n) is 7.98. The molecule has 0 bridgehead atoms. The van der Waals surface area contributed by atoms with E-state index in [0.717, 1.165) is 36.1 Å². The molecule has 0 saturated carbocycles. The summed E-state index contributed by atoms with van der Waals surface area (Å²) in [5, 5.41) is 6.18. The summed E-state index contributed by atoms with van der Waals surface area (Å²) in [6, 6.07) is 7.51. The van der Waals surface area contributed by atoms with E-state index >= 15 is 0 Å². The summed E-state index contributed by atoms with van der Waals surface area (Å²) in [5.74, 6) is 1.16. The van der Waals surface area contributed by atoms with Crippen molar-refractivity contribution < 1.29 is 4.55 Å². The lowest BCUT2D eigenvalue weighted by Gasteiger charge is -2.20. The molecule has 166 valence electrons. The number of benzene rings is 1. The molecule has 2 N–H and O–H groups in total. The monoisotopic (exact) mass is 469 g/mol. The smallest absolute Gasteiger partial charge is 0.254 e. The number of aromatic amines is 1. The van der Waals surface area contributed by atoms with Crippen LogP contribution in [0.15, 0.2) is 41.9 Å². The van der Waals surface area contributed by atoms with Gasteiger partial charge in [-0.1, -0.05) is 23.7 Å². The van der Waals surface area contributed by atoms with Crippen LogP contribution in [0.1, 0.15) is 31.5 Å². The van der Waals surface area contributed by atoms with Crippen LogP contribution in [0.2, 0.25) is 5.02 Å². The number of halogens is 1. The fourth-order valence-corrected chi connectivity index (χ4v) is 5.71. The lowest BCUT2D eigenvalue weighted by atomic mass is 10.1. The number of hydrogen-bond acceptors (Lipinski definition) is 7. The maximum absolute atomic E-state index is 13.3. The van der Waals surface area contributed by atoms with Crippen molar-refractivity contribution >= 4 is 50.5 Å². The summed E-state index contributed by atoms with van der Waals surface area (Å²) in [5.41, 5.74) is 2.10. The predicted molar refractivity (Wildman–Crippen MR) is 127 cm³/mol. The Balaban J connectivity index is 1.47. The molecule has 32 heavy (non-hydrogen) atoms. The largest absolute Gasteiger partial charge is 0.610 e. The van der Waals surface area contributed by atoms with Gasteiger partial charge in [-0.15, -0.1) is 0 Å². The Kier molecular flexibility index (Phi) is 6.14. The number of fused-ring (bicyclic) bond motifs is 2. The highest BCUT2D eigenvalue weighted by Gasteiger charge is 2.24. The van der Waals surface area contributed by atoms with E-state index in [1.54, 1.807) is 6.33 Å². The third-order valence-corrected chi connectivity index (χ3v) is 7.41. The number of imidazole rings is 1. The molecule has 1 aromatic carbocycles. The molecule has 0 spiro atoms. The van der Waals surface area contributed by atoms with Crippen LogP contribution in [0.25, 0.3) is 21.9 Å². The minimum absolute atomic E-state index is 0.192. The van der Waals surface area contributed by atoms with E-state index in [2.05, 4.69) is 30.2 Å². The molecule has 2 atom stereocenters. The number of aromatic nitrogens is 5. The van der Waals surface area contributed by atoms with E-state index in [4.69, 9.17) is 16.6 Å². The summed E-state index contributed by atoms with van der Waals surface area (Å²) in [6.07, 6.45) is 5.50. The average Bonchev–Trinajstić information content (AvgIpc) is 3.49. The number of nitrogens with zero attached hydrogens (tertiary/aromatic N) is 5. The standard InChI is InChI=1S/C22H24ClN7OS/c1-14(28-21-19-20(25-12-24-19)26-13-27-21)17-11-15-5-4-6-16(23)18(15)22(29-17)32(31)10-9-30-7-2-3-8-30/h4-6,11-14H,2-3,7-10H2,1H3,(H2,24,25,26,27,28)/t14-,32?/m0/s1. The molecule has 3 aromatic heterocycles. The first-order valence-electron chi connectivity index (χ1n) is 10.7. The van der Waals surface area contributed by atoms with Gasteiger partial charge in [0.15, 0.2) is 11.5 Å². The van der Waals surface area contributed by atoms with Crippen molar-refractivity contribution in [3.8, 4) is 0 Å². The summed E-state index contributed by atoms with van der Waals surface area (Å²) in [7, 11) is 0. The van der Waals surface area contributed by atoms with Crippen LogP contribution in [-0.4, -0.2) is 59.8 Å². The van der Waals surface area contributed by atoms with E-state index in [1.807, 2.05) is 31.2 Å². The van der Waals surface area contributed by atoms with Crippen molar-refractivity contribution in [2.45, 2.75) is 30.8 Å². The van der Waals surface area contributed by atoms with E-state index in [1.165, 1.54) is 19.2 Å². The molecule has 1 aliphatic rings. The maximum Gasteiger partial charge on any atom is 0.254 e. The predicted octanol–water partition coefficient (Wildman–Crippen LogP) is 3.93. The highest BCUT2D eigenvalue weighted by Crippen LogP contribution is 2.32. The van der Waals surface area contributed by atoms with E-state index < -0.39 is 11.2 Å². The SMILES string of the molecule is C[C@H](Nc1ncnc2[nH]cnc12)c1cc2cccc(Cl)c2c([S+]([O-])CCN2CCCC2)n1. The van der Waals surface area contributed by atoms with Crippen LogP contribution in [0.5, 0.6) is 0 Å². The van der Waals surface area contributed by atoms with Gasteiger partial charge in [-0.3, -0.25) is 4.90 Å². The summed E-state index contributed by atoms with van der Waals surface area (Å²) < 4.78 is 13.3. The van der Waals surface area contributed by atoms with Crippen molar-refractivity contribution in [2.75, 3.05) is 30.7 Å². The first-order chi connectivity index (χ1) is 15.6. The zero-order valence-corrected chi connectivity index (χ0v) is 19.3. The molecule has 4 heterocycles. The second kappa shape index (κ2) is 9.19. The number of hydrogen-bond donors (Lipinski definition) is 2. The quantitative estimate of drug-likeness (QED) is 0.395. The molecule has 5 rings (SSSR count). The number of anilines is 1. The summed E-state index contributed by atoms with van der Waals surface area (Å²) >= 11 is 5.26. The molecular formula is C22H24ClN7OS. The third kappa shape index (κ3) is 4.25. The molecule has 0 radical (unpaired) electrons. The van der Waals surface area contributed by atoms with Crippen molar-refractivity contribution in [1.29, 1.82) is 0 Å². The minimum atomic E-state index is -1.26. The Morgan fingerprint density at radius 2 is 2.09 bits per heavy atom. The summed E-state index contributed by atoms with van der Waals surface area (Å²) in [4.78, 5) is 23.0. The van der Waals surface area contributed by atoms with Gasteiger partial charge in [0, 0.05) is 17.7 Å². The van der Waals surface area contributed by atoms with Crippen LogP contribution >= 0.6 is 11.6 Å². The lowest BCUT2D eigenvalue weighted by molar-refractivity contribution is 0.359. The van der Waals surface area contributed by atoms with Gasteiger partial charge in [-0.25, -0.2) is 19.9 Å². The molecule has 1 aliphatic heterocycles. The zero-order valence-electron chi connectivity index (χ0n) is 17.7. The number of nitrogens with one attached hydrogen (secondary N) is 2. The zero-order chi connectivity index (χ0) is 22.1. The normalized spacial score (nSPS) is 16.6. The Morgan fingerprint density at radius 1 is 1.25 bits per heavy atom. The Hall–Kier alpha value is -2.46. The molecule has 4 aromatic rings. The number of likely N-dealkylation sites (tertiary alicyclic amines) is 1. The molecule has 1 unspecified atom stereocenters. The van der Waals surface area contributed by atoms with Crippen LogP contribution < -0.4 is 5.32 Å². The van der Waals surface area contributed by atoms with Crippen molar-refractivity contribution in [3.05, 3.63) is 47.6 Å². The minimum Gasteiger partial charge on any atom is -0.610 e. The van der Waals surface area contributed by atoms with Gasteiger partial charge >= 0.3 is 0 Å². The molecule has 8 nitrogen and oxygen atoms in total. The van der Waals surface area contributed by atoms with Crippen LogP contribution in [-0.2, 0) is 11.2 Å². The Morgan fingerprint density at radius 3 is 2.94 bits per heavy atom. The average molecular weight is 470 g/mol.